The summed E-state index contributed by atoms with van der Waals surface area (Å²) in [6.45, 7) is 6.77. The van der Waals surface area contributed by atoms with Crippen LogP contribution in [0.25, 0.3) is 11.0 Å². The monoisotopic (exact) mass is 366 g/mol. The molecule has 3 rings (SSSR count). The highest BCUT2D eigenvalue weighted by atomic mass is 16.5. The average Bonchev–Trinajstić information content (AvgIpc) is 3.05. The second-order valence-electron chi connectivity index (χ2n) is 6.47. The number of aromatic nitrogens is 2. The van der Waals surface area contributed by atoms with E-state index in [-0.39, 0.29) is 0 Å². The van der Waals surface area contributed by atoms with E-state index in [1.807, 2.05) is 48.5 Å². The van der Waals surface area contributed by atoms with Crippen LogP contribution in [0.5, 0.6) is 11.5 Å². The molecule has 0 saturated carbocycles. The number of aryl methyl sites for hydroxylation is 1. The normalized spacial score (nSPS) is 12.1. The van der Waals surface area contributed by atoms with Crippen LogP contribution in [0, 0.1) is 0 Å². The van der Waals surface area contributed by atoms with Gasteiger partial charge in [-0.3, -0.25) is 0 Å². The van der Waals surface area contributed by atoms with Gasteiger partial charge in [0.05, 0.1) is 24.8 Å². The molecule has 1 aromatic heterocycles. The number of para-hydroxylation sites is 2. The molecule has 1 N–H and O–H groups in total. The summed E-state index contributed by atoms with van der Waals surface area (Å²) in [4.78, 5) is 4.55. The van der Waals surface area contributed by atoms with Gasteiger partial charge in [-0.15, -0.1) is 6.58 Å². The van der Waals surface area contributed by atoms with E-state index in [4.69, 9.17) is 9.47 Å². The molecule has 5 heteroatoms. The number of imidazole rings is 1. The van der Waals surface area contributed by atoms with Crippen molar-refractivity contribution in [1.82, 2.24) is 9.55 Å². The number of fused-ring (bicyclic) bond motifs is 1. The lowest BCUT2D eigenvalue weighted by molar-refractivity contribution is 0.183. The van der Waals surface area contributed by atoms with Crippen LogP contribution < -0.4 is 9.47 Å². The summed E-state index contributed by atoms with van der Waals surface area (Å²) < 4.78 is 13.4. The maximum absolute atomic E-state index is 10.0. The van der Waals surface area contributed by atoms with E-state index in [0.29, 0.717) is 12.4 Å². The van der Waals surface area contributed by atoms with Crippen LogP contribution >= 0.6 is 0 Å². The summed E-state index contributed by atoms with van der Waals surface area (Å²) in [6.07, 6.45) is 2.84. The molecule has 0 radical (unpaired) electrons. The zero-order valence-electron chi connectivity index (χ0n) is 15.9. The lowest BCUT2D eigenvalue weighted by Gasteiger charge is -2.14. The largest absolute Gasteiger partial charge is 0.493 e. The summed E-state index contributed by atoms with van der Waals surface area (Å²) in [5.41, 5.74) is 3.06. The second kappa shape index (κ2) is 8.73. The third kappa shape index (κ3) is 4.31. The summed E-state index contributed by atoms with van der Waals surface area (Å²) in [6, 6.07) is 13.9. The molecule has 1 heterocycles. The Morgan fingerprint density at radius 3 is 2.78 bits per heavy atom. The summed E-state index contributed by atoms with van der Waals surface area (Å²) in [7, 11) is 1.65. The molecule has 27 heavy (non-hydrogen) atoms. The predicted molar refractivity (Wildman–Crippen MR) is 107 cm³/mol. The highest BCUT2D eigenvalue weighted by Crippen LogP contribution is 2.28. The first-order valence-electron chi connectivity index (χ1n) is 9.18. The van der Waals surface area contributed by atoms with Crippen molar-refractivity contribution in [3.8, 4) is 11.5 Å². The Labute approximate surface area is 159 Å². The second-order valence-corrected chi connectivity index (χ2v) is 6.47. The Hall–Kier alpha value is -2.79. The van der Waals surface area contributed by atoms with Crippen molar-refractivity contribution < 1.29 is 14.6 Å². The topological polar surface area (TPSA) is 56.5 Å². The van der Waals surface area contributed by atoms with Crippen molar-refractivity contribution in [3.05, 3.63) is 66.5 Å². The molecule has 0 bridgehead atoms. The van der Waals surface area contributed by atoms with Gasteiger partial charge in [0.1, 0.15) is 11.9 Å². The van der Waals surface area contributed by atoms with E-state index in [1.165, 1.54) is 0 Å². The Morgan fingerprint density at radius 1 is 1.22 bits per heavy atom. The van der Waals surface area contributed by atoms with Crippen LogP contribution in [0.1, 0.15) is 30.8 Å². The van der Waals surface area contributed by atoms with E-state index in [9.17, 15) is 5.11 Å². The molecule has 0 aliphatic rings. The number of methoxy groups -OCH3 is 1. The Bertz CT molecular complexity index is 915. The maximum Gasteiger partial charge on any atom is 0.161 e. The summed E-state index contributed by atoms with van der Waals surface area (Å²) in [5.74, 6) is 2.14. The zero-order valence-corrected chi connectivity index (χ0v) is 15.9. The highest BCUT2D eigenvalue weighted by molar-refractivity contribution is 5.76. The number of hydrogen-bond donors (Lipinski definition) is 1. The van der Waals surface area contributed by atoms with Gasteiger partial charge in [0.25, 0.3) is 0 Å². The summed E-state index contributed by atoms with van der Waals surface area (Å²) >= 11 is 0. The number of benzene rings is 2. The number of aliphatic hydroxyl groups excluding tert-OH is 1. The van der Waals surface area contributed by atoms with Gasteiger partial charge in [-0.2, -0.15) is 0 Å². The lowest BCUT2D eigenvalue weighted by Crippen LogP contribution is -2.10. The number of ether oxygens (including phenoxy) is 2. The van der Waals surface area contributed by atoms with E-state index in [2.05, 4.69) is 16.1 Å². The van der Waals surface area contributed by atoms with E-state index in [0.717, 1.165) is 47.5 Å². The molecular formula is C22H26N2O3. The van der Waals surface area contributed by atoms with Gasteiger partial charge in [-0.25, -0.2) is 4.98 Å². The van der Waals surface area contributed by atoms with Crippen molar-refractivity contribution in [1.29, 1.82) is 0 Å². The van der Waals surface area contributed by atoms with E-state index in [1.54, 1.807) is 14.0 Å². The van der Waals surface area contributed by atoms with Crippen molar-refractivity contribution in [2.45, 2.75) is 32.4 Å². The van der Waals surface area contributed by atoms with Gasteiger partial charge in [0.2, 0.25) is 0 Å². The molecule has 5 nitrogen and oxygen atoms in total. The molecule has 0 amide bonds. The summed E-state index contributed by atoms with van der Waals surface area (Å²) in [5, 5.41) is 10.0. The quantitative estimate of drug-likeness (QED) is 0.453. The Balaban J connectivity index is 1.66. The minimum absolute atomic E-state index is 0.545. The van der Waals surface area contributed by atoms with Crippen LogP contribution in [-0.2, 0) is 13.0 Å². The first kappa shape index (κ1) is 19.0. The van der Waals surface area contributed by atoms with Gasteiger partial charge in [0.15, 0.2) is 11.5 Å². The van der Waals surface area contributed by atoms with Crippen LogP contribution in [0.4, 0.5) is 0 Å². The smallest absolute Gasteiger partial charge is 0.161 e. The van der Waals surface area contributed by atoms with Gasteiger partial charge in [-0.1, -0.05) is 24.3 Å². The van der Waals surface area contributed by atoms with Crippen LogP contribution in [0.15, 0.2) is 55.1 Å². The molecule has 2 aromatic carbocycles. The average molecular weight is 366 g/mol. The first-order chi connectivity index (χ1) is 13.1. The molecule has 1 atom stereocenters. The number of aliphatic hydroxyl groups is 1. The minimum atomic E-state index is -0.615. The molecule has 1 unspecified atom stereocenters. The van der Waals surface area contributed by atoms with Crippen LogP contribution in [0.3, 0.4) is 0 Å². The SMILES string of the molecule is C=CCc1ccc(OCCCn2c(C(C)O)nc3ccccc32)c(OC)c1. The fraction of sp³-hybridized carbons (Fsp3) is 0.318. The van der Waals surface area contributed by atoms with Crippen LogP contribution in [-0.4, -0.2) is 28.4 Å². The van der Waals surface area contributed by atoms with Crippen LogP contribution in [0.2, 0.25) is 0 Å². The van der Waals surface area contributed by atoms with Crippen molar-refractivity contribution >= 4 is 11.0 Å². The molecule has 0 saturated heterocycles. The van der Waals surface area contributed by atoms with Gasteiger partial charge < -0.3 is 19.1 Å². The van der Waals surface area contributed by atoms with Crippen molar-refractivity contribution in [2.75, 3.05) is 13.7 Å². The lowest BCUT2D eigenvalue weighted by atomic mass is 10.1. The van der Waals surface area contributed by atoms with Gasteiger partial charge in [-0.05, 0) is 49.6 Å². The fourth-order valence-corrected chi connectivity index (χ4v) is 3.18. The van der Waals surface area contributed by atoms with E-state index >= 15 is 0 Å². The number of rotatable bonds is 9. The molecule has 0 fully saturated rings. The molecule has 0 aliphatic carbocycles. The Kier molecular flexibility index (Phi) is 6.14. The van der Waals surface area contributed by atoms with Crippen molar-refractivity contribution in [3.63, 3.8) is 0 Å². The highest BCUT2D eigenvalue weighted by Gasteiger charge is 2.14. The third-order valence-electron chi connectivity index (χ3n) is 4.45. The standard InChI is InChI=1S/C22H26N2O3/c1-4-8-17-11-12-20(21(15-17)26-3)27-14-7-13-24-19-10-6-5-9-18(19)23-22(24)16(2)25/h4-6,9-12,15-16,25H,1,7-8,13-14H2,2-3H3. The third-order valence-corrected chi connectivity index (χ3v) is 4.45. The molecule has 3 aromatic rings. The maximum atomic E-state index is 10.0. The van der Waals surface area contributed by atoms with E-state index < -0.39 is 6.10 Å². The van der Waals surface area contributed by atoms with Gasteiger partial charge in [0, 0.05) is 6.54 Å². The molecular weight excluding hydrogens is 340 g/mol. The Morgan fingerprint density at radius 2 is 2.04 bits per heavy atom. The minimum Gasteiger partial charge on any atom is -0.493 e. The molecule has 0 spiro atoms. The fourth-order valence-electron chi connectivity index (χ4n) is 3.18. The number of allylic oxidation sites excluding steroid dienone is 1. The van der Waals surface area contributed by atoms with Crippen molar-refractivity contribution in [2.24, 2.45) is 0 Å². The predicted octanol–water partition coefficient (Wildman–Crippen LogP) is 4.30. The zero-order chi connectivity index (χ0) is 19.2. The first-order valence-corrected chi connectivity index (χ1v) is 9.18. The molecule has 142 valence electrons. The number of nitrogens with zero attached hydrogens (tertiary/aromatic N) is 2. The van der Waals surface area contributed by atoms with Gasteiger partial charge >= 0.3 is 0 Å². The number of hydrogen-bond acceptors (Lipinski definition) is 4. The molecule has 0 aliphatic heterocycles.